The molecule has 0 fully saturated rings. The highest BCUT2D eigenvalue weighted by molar-refractivity contribution is 6.07. The highest BCUT2D eigenvalue weighted by Crippen LogP contribution is 2.03. The zero-order valence-electron chi connectivity index (χ0n) is 10.2. The van der Waals surface area contributed by atoms with Crippen LogP contribution in [0.3, 0.4) is 0 Å². The Morgan fingerprint density at radius 3 is 2.17 bits per heavy atom. The lowest BCUT2D eigenvalue weighted by atomic mass is 9.99. The number of Topliss-reactive ketones (excluding diaryl/α,β-unsaturated/α-hetero) is 1. The summed E-state index contributed by atoms with van der Waals surface area (Å²) in [4.78, 5) is 33.8. The number of nitrogens with two attached hydrogens (primary N) is 4. The van der Waals surface area contributed by atoms with Crippen LogP contribution in [0, 0.1) is 0 Å². The molecular weight excluding hydrogens is 238 g/mol. The standard InChI is InChI=1S/C10H21N5O3/c11-4-2-1-3-6(15-7(16)5-12)9(17)8(13)10(14)18/h6,8H,1-5,11-13H2,(H2,14,18)(H,15,16). The number of rotatable bonds is 9. The number of hydrogen-bond acceptors (Lipinski definition) is 6. The molecule has 0 aliphatic heterocycles. The molecule has 0 spiro atoms. The van der Waals surface area contributed by atoms with Crippen LogP contribution in [0.2, 0.25) is 0 Å². The molecule has 2 amide bonds. The number of ketones is 1. The summed E-state index contributed by atoms with van der Waals surface area (Å²) in [5.41, 5.74) is 20.8. The maximum Gasteiger partial charge on any atom is 0.242 e. The van der Waals surface area contributed by atoms with E-state index in [0.29, 0.717) is 25.8 Å². The van der Waals surface area contributed by atoms with Crippen molar-refractivity contribution in [3.8, 4) is 0 Å². The van der Waals surface area contributed by atoms with Crippen LogP contribution in [-0.2, 0) is 14.4 Å². The van der Waals surface area contributed by atoms with Crippen LogP contribution >= 0.6 is 0 Å². The van der Waals surface area contributed by atoms with E-state index in [4.69, 9.17) is 22.9 Å². The van der Waals surface area contributed by atoms with Crippen molar-refractivity contribution >= 4 is 17.6 Å². The van der Waals surface area contributed by atoms with Gasteiger partial charge in [-0.15, -0.1) is 0 Å². The van der Waals surface area contributed by atoms with E-state index in [2.05, 4.69) is 5.32 Å². The molecule has 0 aromatic heterocycles. The molecule has 0 aliphatic carbocycles. The maximum absolute atomic E-state index is 11.8. The van der Waals surface area contributed by atoms with Gasteiger partial charge in [0.15, 0.2) is 5.78 Å². The summed E-state index contributed by atoms with van der Waals surface area (Å²) in [7, 11) is 0. The van der Waals surface area contributed by atoms with Gasteiger partial charge in [-0.1, -0.05) is 0 Å². The lowest BCUT2D eigenvalue weighted by Gasteiger charge is -2.19. The molecule has 0 saturated heterocycles. The molecule has 2 atom stereocenters. The van der Waals surface area contributed by atoms with Crippen LogP contribution in [0.15, 0.2) is 0 Å². The zero-order chi connectivity index (χ0) is 14.1. The van der Waals surface area contributed by atoms with E-state index < -0.39 is 29.7 Å². The summed E-state index contributed by atoms with van der Waals surface area (Å²) < 4.78 is 0. The quantitative estimate of drug-likeness (QED) is 0.217. The van der Waals surface area contributed by atoms with Crippen LogP contribution < -0.4 is 28.3 Å². The van der Waals surface area contributed by atoms with Crippen LogP contribution in [0.4, 0.5) is 0 Å². The maximum atomic E-state index is 11.8. The predicted molar refractivity (Wildman–Crippen MR) is 66.1 cm³/mol. The Morgan fingerprint density at radius 2 is 1.72 bits per heavy atom. The Kier molecular flexibility index (Phi) is 7.84. The molecule has 8 nitrogen and oxygen atoms in total. The topological polar surface area (TPSA) is 167 Å². The van der Waals surface area contributed by atoms with Gasteiger partial charge >= 0.3 is 0 Å². The number of carbonyl (C=O) groups excluding carboxylic acids is 3. The molecular formula is C10H21N5O3. The Balaban J connectivity index is 4.57. The average molecular weight is 259 g/mol. The molecule has 18 heavy (non-hydrogen) atoms. The molecule has 0 saturated carbocycles. The molecule has 0 heterocycles. The molecule has 0 aromatic carbocycles. The molecule has 2 unspecified atom stereocenters. The van der Waals surface area contributed by atoms with E-state index in [1.807, 2.05) is 0 Å². The van der Waals surface area contributed by atoms with Gasteiger partial charge in [-0.3, -0.25) is 14.4 Å². The highest BCUT2D eigenvalue weighted by Gasteiger charge is 2.28. The van der Waals surface area contributed by atoms with E-state index in [0.717, 1.165) is 0 Å². The van der Waals surface area contributed by atoms with Crippen molar-refractivity contribution in [1.29, 1.82) is 0 Å². The van der Waals surface area contributed by atoms with Gasteiger partial charge in [-0.25, -0.2) is 0 Å². The first kappa shape index (κ1) is 16.5. The predicted octanol–water partition coefficient (Wildman–Crippen LogP) is -3.06. The fourth-order valence-electron chi connectivity index (χ4n) is 1.39. The van der Waals surface area contributed by atoms with Gasteiger partial charge in [0.05, 0.1) is 12.6 Å². The van der Waals surface area contributed by atoms with Crippen molar-refractivity contribution < 1.29 is 14.4 Å². The Morgan fingerprint density at radius 1 is 1.11 bits per heavy atom. The van der Waals surface area contributed by atoms with Crippen molar-refractivity contribution in [1.82, 2.24) is 5.32 Å². The Bertz CT molecular complexity index is 308. The molecule has 0 aromatic rings. The van der Waals surface area contributed by atoms with Crippen LogP contribution in [0.5, 0.6) is 0 Å². The zero-order valence-corrected chi connectivity index (χ0v) is 10.2. The van der Waals surface area contributed by atoms with E-state index >= 15 is 0 Å². The molecule has 104 valence electrons. The summed E-state index contributed by atoms with van der Waals surface area (Å²) in [5, 5.41) is 2.42. The molecule has 0 rings (SSSR count). The minimum atomic E-state index is -1.43. The normalized spacial score (nSPS) is 13.7. The van der Waals surface area contributed by atoms with Crippen LogP contribution in [0.1, 0.15) is 19.3 Å². The van der Waals surface area contributed by atoms with Crippen molar-refractivity contribution in [2.45, 2.75) is 31.3 Å². The Labute approximate surface area is 105 Å². The summed E-state index contributed by atoms with van der Waals surface area (Å²) >= 11 is 0. The van der Waals surface area contributed by atoms with Gasteiger partial charge in [0.1, 0.15) is 6.04 Å². The first-order valence-electron chi connectivity index (χ1n) is 5.72. The monoisotopic (exact) mass is 259 g/mol. The minimum absolute atomic E-state index is 0.244. The SMILES string of the molecule is NCCCCC(NC(=O)CN)C(=O)C(N)C(N)=O. The van der Waals surface area contributed by atoms with Crippen molar-refractivity contribution in [3.63, 3.8) is 0 Å². The number of hydrogen-bond donors (Lipinski definition) is 5. The van der Waals surface area contributed by atoms with E-state index in [-0.39, 0.29) is 6.54 Å². The summed E-state index contributed by atoms with van der Waals surface area (Å²) in [6.07, 6.45) is 1.68. The fourth-order valence-corrected chi connectivity index (χ4v) is 1.39. The first-order chi connectivity index (χ1) is 8.43. The molecule has 0 aliphatic rings. The second-order valence-corrected chi connectivity index (χ2v) is 3.89. The average Bonchev–Trinajstić information content (AvgIpc) is 2.35. The number of nitrogens with one attached hydrogen (secondary N) is 1. The largest absolute Gasteiger partial charge is 0.368 e. The third kappa shape index (κ3) is 5.71. The van der Waals surface area contributed by atoms with Crippen LogP contribution in [0.25, 0.3) is 0 Å². The molecule has 0 radical (unpaired) electrons. The van der Waals surface area contributed by atoms with Gasteiger partial charge in [0.25, 0.3) is 0 Å². The van der Waals surface area contributed by atoms with Crippen molar-refractivity contribution in [2.24, 2.45) is 22.9 Å². The van der Waals surface area contributed by atoms with Gasteiger partial charge in [0.2, 0.25) is 11.8 Å². The number of primary amides is 1. The Hall–Kier alpha value is -1.51. The lowest BCUT2D eigenvalue weighted by molar-refractivity contribution is -0.132. The summed E-state index contributed by atoms with van der Waals surface area (Å²) in [6, 6.07) is -2.28. The van der Waals surface area contributed by atoms with E-state index in [1.165, 1.54) is 0 Å². The van der Waals surface area contributed by atoms with E-state index in [1.54, 1.807) is 0 Å². The number of carbonyl (C=O) groups is 3. The first-order valence-corrected chi connectivity index (χ1v) is 5.72. The van der Waals surface area contributed by atoms with Gasteiger partial charge in [-0.05, 0) is 25.8 Å². The second kappa shape index (κ2) is 8.56. The van der Waals surface area contributed by atoms with Gasteiger partial charge < -0.3 is 28.3 Å². The fraction of sp³-hybridized carbons (Fsp3) is 0.700. The number of amides is 2. The number of unbranched alkanes of at least 4 members (excludes halogenated alkanes) is 1. The third-order valence-electron chi connectivity index (χ3n) is 2.42. The highest BCUT2D eigenvalue weighted by atomic mass is 16.2. The minimum Gasteiger partial charge on any atom is -0.368 e. The molecule has 8 heteroatoms. The van der Waals surface area contributed by atoms with Crippen LogP contribution in [-0.4, -0.2) is 42.8 Å². The van der Waals surface area contributed by atoms with Crippen molar-refractivity contribution in [3.05, 3.63) is 0 Å². The second-order valence-electron chi connectivity index (χ2n) is 3.89. The van der Waals surface area contributed by atoms with Crippen molar-refractivity contribution in [2.75, 3.05) is 13.1 Å². The van der Waals surface area contributed by atoms with Gasteiger partial charge in [-0.2, -0.15) is 0 Å². The molecule has 9 N–H and O–H groups in total. The van der Waals surface area contributed by atoms with E-state index in [9.17, 15) is 14.4 Å². The molecule has 0 bridgehead atoms. The third-order valence-corrected chi connectivity index (χ3v) is 2.42. The smallest absolute Gasteiger partial charge is 0.242 e. The summed E-state index contributed by atoms with van der Waals surface area (Å²) in [5.74, 6) is -2.02. The summed E-state index contributed by atoms with van der Waals surface area (Å²) in [6.45, 7) is 0.236. The van der Waals surface area contributed by atoms with Gasteiger partial charge in [0, 0.05) is 0 Å². The lowest BCUT2D eigenvalue weighted by Crippen LogP contribution is -2.53.